The molecule has 1 N–H and O–H groups in total. The van der Waals surface area contributed by atoms with Gasteiger partial charge in [0.05, 0.1) is 11.6 Å². The normalized spacial score (nSPS) is 10.5. The van der Waals surface area contributed by atoms with Crippen LogP contribution in [0.25, 0.3) is 11.3 Å². The fourth-order valence-corrected chi connectivity index (χ4v) is 1.67. The molecule has 1 aromatic heterocycles. The number of H-pyrrole nitrogens is 1. The molecule has 0 aliphatic rings. The van der Waals surface area contributed by atoms with E-state index in [2.05, 4.69) is 15.4 Å². The van der Waals surface area contributed by atoms with Crippen LogP contribution in [0.1, 0.15) is 17.4 Å². The third kappa shape index (κ3) is 2.55. The van der Waals surface area contributed by atoms with Crippen molar-refractivity contribution in [1.29, 1.82) is 0 Å². The van der Waals surface area contributed by atoms with Gasteiger partial charge in [-0.05, 0) is 19.1 Å². The lowest BCUT2D eigenvalue weighted by atomic mass is 10.1. The predicted molar refractivity (Wildman–Crippen MR) is 62.7 cm³/mol. The van der Waals surface area contributed by atoms with Gasteiger partial charge in [0.1, 0.15) is 5.69 Å². The third-order valence-corrected chi connectivity index (χ3v) is 2.55. The number of rotatable bonds is 3. The molecule has 0 radical (unpaired) electrons. The SMILES string of the molecule is CCOC(=O)c1n[nH]nc1-c1cc(F)c(F)c(Cl)c1. The van der Waals surface area contributed by atoms with Crippen LogP contribution >= 0.6 is 11.6 Å². The van der Waals surface area contributed by atoms with Crippen molar-refractivity contribution in [3.8, 4) is 11.3 Å². The Hall–Kier alpha value is -2.02. The van der Waals surface area contributed by atoms with E-state index in [4.69, 9.17) is 16.3 Å². The number of hydrogen-bond acceptors (Lipinski definition) is 4. The van der Waals surface area contributed by atoms with Crippen molar-refractivity contribution in [3.63, 3.8) is 0 Å². The summed E-state index contributed by atoms with van der Waals surface area (Å²) in [5, 5.41) is 9.16. The van der Waals surface area contributed by atoms with Gasteiger partial charge >= 0.3 is 5.97 Å². The Morgan fingerprint density at radius 2 is 2.16 bits per heavy atom. The second-order valence-electron chi connectivity index (χ2n) is 3.50. The van der Waals surface area contributed by atoms with Crippen LogP contribution in [0.3, 0.4) is 0 Å². The Bertz CT molecular complexity index is 607. The molecule has 0 aliphatic heterocycles. The Labute approximate surface area is 111 Å². The largest absolute Gasteiger partial charge is 0.461 e. The maximum atomic E-state index is 13.3. The molecule has 0 saturated heterocycles. The molecule has 0 unspecified atom stereocenters. The zero-order chi connectivity index (χ0) is 14.0. The highest BCUT2D eigenvalue weighted by Crippen LogP contribution is 2.27. The van der Waals surface area contributed by atoms with Gasteiger partial charge in [0.15, 0.2) is 17.3 Å². The van der Waals surface area contributed by atoms with Crippen LogP contribution in [0.2, 0.25) is 5.02 Å². The van der Waals surface area contributed by atoms with Gasteiger partial charge in [-0.25, -0.2) is 13.6 Å². The van der Waals surface area contributed by atoms with Gasteiger partial charge in [0.2, 0.25) is 0 Å². The summed E-state index contributed by atoms with van der Waals surface area (Å²) in [5.74, 6) is -3.01. The van der Waals surface area contributed by atoms with E-state index >= 15 is 0 Å². The van der Waals surface area contributed by atoms with E-state index in [-0.39, 0.29) is 23.6 Å². The van der Waals surface area contributed by atoms with Gasteiger partial charge in [-0.3, -0.25) is 0 Å². The summed E-state index contributed by atoms with van der Waals surface area (Å²) < 4.78 is 31.1. The maximum absolute atomic E-state index is 13.3. The second-order valence-corrected chi connectivity index (χ2v) is 3.90. The first-order valence-electron chi connectivity index (χ1n) is 5.27. The number of aromatic nitrogens is 3. The quantitative estimate of drug-likeness (QED) is 0.696. The molecule has 0 amide bonds. The molecular formula is C11H8ClF2N3O2. The van der Waals surface area contributed by atoms with Crippen molar-refractivity contribution >= 4 is 17.6 Å². The molecule has 0 atom stereocenters. The van der Waals surface area contributed by atoms with E-state index in [0.717, 1.165) is 12.1 Å². The number of ether oxygens (including phenoxy) is 1. The highest BCUT2D eigenvalue weighted by Gasteiger charge is 2.21. The van der Waals surface area contributed by atoms with E-state index in [9.17, 15) is 13.6 Å². The van der Waals surface area contributed by atoms with Crippen LogP contribution in [0, 0.1) is 11.6 Å². The summed E-state index contributed by atoms with van der Waals surface area (Å²) in [6, 6.07) is 2.03. The number of nitrogens with one attached hydrogen (secondary N) is 1. The molecule has 1 aromatic carbocycles. The van der Waals surface area contributed by atoms with Crippen molar-refractivity contribution in [2.24, 2.45) is 0 Å². The molecule has 0 spiro atoms. The zero-order valence-corrected chi connectivity index (χ0v) is 10.5. The second kappa shape index (κ2) is 5.31. The first-order chi connectivity index (χ1) is 9.04. The predicted octanol–water partition coefficient (Wildman–Crippen LogP) is 2.58. The fourth-order valence-electron chi connectivity index (χ4n) is 1.47. The lowest BCUT2D eigenvalue weighted by Crippen LogP contribution is -2.07. The van der Waals surface area contributed by atoms with Crippen LogP contribution in [0.15, 0.2) is 12.1 Å². The molecule has 0 fully saturated rings. The Morgan fingerprint density at radius 1 is 1.42 bits per heavy atom. The summed E-state index contributed by atoms with van der Waals surface area (Å²) in [6.45, 7) is 1.79. The third-order valence-electron chi connectivity index (χ3n) is 2.27. The minimum absolute atomic E-state index is 0.0410. The molecule has 1 heterocycles. The van der Waals surface area contributed by atoms with Gasteiger partial charge in [-0.2, -0.15) is 10.3 Å². The van der Waals surface area contributed by atoms with E-state index in [0.29, 0.717) is 0 Å². The van der Waals surface area contributed by atoms with Crippen LogP contribution in [-0.2, 0) is 4.74 Å². The topological polar surface area (TPSA) is 67.9 Å². The Kier molecular flexibility index (Phi) is 3.75. The van der Waals surface area contributed by atoms with Crippen LogP contribution < -0.4 is 0 Å². The standard InChI is InChI=1S/C11H8ClF2N3O2/c1-2-19-11(18)10-9(15-17-16-10)5-3-6(12)8(14)7(13)4-5/h3-4H,2H2,1H3,(H,15,16,17). The van der Waals surface area contributed by atoms with Crippen molar-refractivity contribution in [2.75, 3.05) is 6.61 Å². The molecule has 8 heteroatoms. The highest BCUT2D eigenvalue weighted by molar-refractivity contribution is 6.31. The van der Waals surface area contributed by atoms with E-state index < -0.39 is 22.6 Å². The molecule has 2 aromatic rings. The van der Waals surface area contributed by atoms with Gasteiger partial charge in [0.25, 0.3) is 0 Å². The molecule has 0 bridgehead atoms. The summed E-state index contributed by atoms with van der Waals surface area (Å²) in [7, 11) is 0. The average molecular weight is 288 g/mol. The Balaban J connectivity index is 2.49. The number of halogens is 3. The smallest absolute Gasteiger partial charge is 0.361 e. The zero-order valence-electron chi connectivity index (χ0n) is 9.71. The number of carbonyl (C=O) groups excluding carboxylic acids is 1. The number of hydrogen-bond donors (Lipinski definition) is 1. The fraction of sp³-hybridized carbons (Fsp3) is 0.182. The Morgan fingerprint density at radius 3 is 2.79 bits per heavy atom. The molecule has 19 heavy (non-hydrogen) atoms. The number of aromatic amines is 1. The van der Waals surface area contributed by atoms with E-state index in [1.54, 1.807) is 6.92 Å². The van der Waals surface area contributed by atoms with Crippen molar-refractivity contribution < 1.29 is 18.3 Å². The van der Waals surface area contributed by atoms with Gasteiger partial charge < -0.3 is 4.74 Å². The first kappa shape index (κ1) is 13.4. The number of carbonyl (C=O) groups is 1. The van der Waals surface area contributed by atoms with Gasteiger partial charge in [-0.15, -0.1) is 5.10 Å². The highest BCUT2D eigenvalue weighted by atomic mass is 35.5. The summed E-state index contributed by atoms with van der Waals surface area (Å²) in [6.07, 6.45) is 0. The monoisotopic (exact) mass is 287 g/mol. The van der Waals surface area contributed by atoms with Crippen molar-refractivity contribution in [3.05, 3.63) is 34.5 Å². The average Bonchev–Trinajstić information content (AvgIpc) is 2.84. The molecular weight excluding hydrogens is 280 g/mol. The number of esters is 1. The van der Waals surface area contributed by atoms with Crippen molar-refractivity contribution in [1.82, 2.24) is 15.4 Å². The molecule has 0 aliphatic carbocycles. The lowest BCUT2D eigenvalue weighted by Gasteiger charge is -2.03. The van der Waals surface area contributed by atoms with E-state index in [1.807, 2.05) is 0 Å². The molecule has 0 saturated carbocycles. The molecule has 100 valence electrons. The van der Waals surface area contributed by atoms with Gasteiger partial charge in [-0.1, -0.05) is 11.6 Å². The van der Waals surface area contributed by atoms with E-state index in [1.165, 1.54) is 0 Å². The minimum Gasteiger partial charge on any atom is -0.461 e. The number of benzene rings is 1. The summed E-state index contributed by atoms with van der Waals surface area (Å²) in [5.41, 5.74) is 0.0453. The summed E-state index contributed by atoms with van der Waals surface area (Å²) >= 11 is 5.54. The van der Waals surface area contributed by atoms with Gasteiger partial charge in [0, 0.05) is 5.56 Å². The van der Waals surface area contributed by atoms with Crippen LogP contribution in [-0.4, -0.2) is 28.0 Å². The van der Waals surface area contributed by atoms with Crippen LogP contribution in [0.4, 0.5) is 8.78 Å². The maximum Gasteiger partial charge on any atom is 0.361 e. The number of nitrogens with zero attached hydrogens (tertiary/aromatic N) is 2. The van der Waals surface area contributed by atoms with Crippen molar-refractivity contribution in [2.45, 2.75) is 6.92 Å². The first-order valence-corrected chi connectivity index (χ1v) is 5.65. The van der Waals surface area contributed by atoms with Crippen LogP contribution in [0.5, 0.6) is 0 Å². The lowest BCUT2D eigenvalue weighted by molar-refractivity contribution is 0.0520. The molecule has 2 rings (SSSR count). The minimum atomic E-state index is -1.16. The summed E-state index contributed by atoms with van der Waals surface area (Å²) in [4.78, 5) is 11.6. The molecule has 5 nitrogen and oxygen atoms in total.